The van der Waals surface area contributed by atoms with Gasteiger partial charge in [-0.2, -0.15) is 18.6 Å². The molecule has 0 bridgehead atoms. The number of hydrogen-bond donors (Lipinski definition) is 3. The molecule has 3 N–H and O–H groups in total. The molecule has 5 rings (SSSR count). The molecule has 1 saturated carbocycles. The van der Waals surface area contributed by atoms with Gasteiger partial charge in [0.2, 0.25) is 0 Å². The number of amides is 1. The molecule has 2 heterocycles. The number of aliphatic hydroxyl groups is 1. The summed E-state index contributed by atoms with van der Waals surface area (Å²) in [5.41, 5.74) is 4.89. The number of carbonyl (C=O) groups is 1. The Morgan fingerprint density at radius 3 is 2.63 bits per heavy atom. The van der Waals surface area contributed by atoms with E-state index in [9.17, 15) is 9.90 Å². The number of aliphatic hydroxyl groups excluding tert-OH is 1. The van der Waals surface area contributed by atoms with Crippen LogP contribution in [0.25, 0.3) is 5.76 Å². The quantitative estimate of drug-likeness (QED) is 0.115. The van der Waals surface area contributed by atoms with Crippen molar-refractivity contribution in [3.05, 3.63) is 112 Å². The third-order valence-electron chi connectivity index (χ3n) is 7.12. The summed E-state index contributed by atoms with van der Waals surface area (Å²) < 4.78 is 0. The van der Waals surface area contributed by atoms with E-state index in [1.165, 1.54) is 0 Å². The number of para-hydroxylation sites is 1. The molecular formula is C31H29ClN6O2U. The molecule has 0 radical (unpaired) electrons. The van der Waals surface area contributed by atoms with Crippen molar-refractivity contribution in [1.29, 1.82) is 0 Å². The van der Waals surface area contributed by atoms with Crippen LogP contribution in [0.4, 0.5) is 11.5 Å². The number of carbonyl (C=O) groups excluding carboxylic acids is 1. The van der Waals surface area contributed by atoms with Crippen molar-refractivity contribution in [2.45, 2.75) is 32.2 Å². The second-order valence-electron chi connectivity index (χ2n) is 9.62. The van der Waals surface area contributed by atoms with Crippen molar-refractivity contribution in [3.63, 3.8) is 0 Å². The maximum Gasteiger partial charge on any atom is 2.00 e. The minimum absolute atomic E-state index is 0. The Balaban J connectivity index is 0.00000387. The Bertz CT molecular complexity index is 1580. The predicted octanol–water partition coefficient (Wildman–Crippen LogP) is 6.45. The van der Waals surface area contributed by atoms with Gasteiger partial charge in [0.15, 0.2) is 0 Å². The smallest absolute Gasteiger partial charge is 0.507 e. The van der Waals surface area contributed by atoms with Crippen molar-refractivity contribution >= 4 is 47.1 Å². The summed E-state index contributed by atoms with van der Waals surface area (Å²) in [5, 5.41) is 17.3. The van der Waals surface area contributed by atoms with Gasteiger partial charge >= 0.3 is 31.1 Å². The average Bonchev–Trinajstić information content (AvgIpc) is 2.91. The molecule has 8 nitrogen and oxygen atoms in total. The topological polar surface area (TPSA) is 102 Å². The molecule has 1 aromatic heterocycles. The molecule has 2 aromatic carbocycles. The first-order chi connectivity index (χ1) is 19.3. The van der Waals surface area contributed by atoms with Crippen molar-refractivity contribution in [2.24, 2.45) is 9.98 Å². The number of nitrogens with one attached hydrogen (secondary N) is 2. The largest absolute Gasteiger partial charge is 2.00 e. The summed E-state index contributed by atoms with van der Waals surface area (Å²) in [6.07, 6.45) is 7.15. The van der Waals surface area contributed by atoms with Gasteiger partial charge in [-0.1, -0.05) is 47.6 Å². The molecule has 0 saturated heterocycles. The number of benzene rings is 2. The van der Waals surface area contributed by atoms with Gasteiger partial charge in [-0.3, -0.25) is 4.79 Å². The molecule has 41 heavy (non-hydrogen) atoms. The molecule has 0 spiro atoms. The van der Waals surface area contributed by atoms with Crippen molar-refractivity contribution in [2.75, 3.05) is 12.4 Å². The van der Waals surface area contributed by atoms with Crippen molar-refractivity contribution in [1.82, 2.24) is 15.2 Å². The molecule has 10 heteroatoms. The second kappa shape index (κ2) is 13.4. The van der Waals surface area contributed by atoms with Gasteiger partial charge < -0.3 is 30.6 Å². The van der Waals surface area contributed by atoms with E-state index in [2.05, 4.69) is 38.9 Å². The van der Waals surface area contributed by atoms with Crippen LogP contribution in [0.2, 0.25) is 5.02 Å². The zero-order valence-electron chi connectivity index (χ0n) is 22.8. The molecule has 1 unspecified atom stereocenters. The van der Waals surface area contributed by atoms with E-state index >= 15 is 0 Å². The number of allylic oxidation sites excluding steroid dienone is 2. The Hall–Kier alpha value is -3.51. The number of pyridine rings is 1. The minimum Gasteiger partial charge on any atom is -0.507 e. The van der Waals surface area contributed by atoms with Crippen LogP contribution in [0.3, 0.4) is 0 Å². The van der Waals surface area contributed by atoms with Gasteiger partial charge in [-0.05, 0) is 55.5 Å². The Labute approximate surface area is 268 Å². The summed E-state index contributed by atoms with van der Waals surface area (Å²) in [6.45, 7) is 5.81. The van der Waals surface area contributed by atoms with Gasteiger partial charge in [0, 0.05) is 35.9 Å². The Morgan fingerprint density at radius 1 is 1.20 bits per heavy atom. The number of aromatic nitrogens is 1. The molecule has 1 aliphatic heterocycles. The van der Waals surface area contributed by atoms with Gasteiger partial charge in [-0.25, -0.2) is 4.98 Å². The third kappa shape index (κ3) is 6.70. The monoisotopic (exact) mass is 790 g/mol. The van der Waals surface area contributed by atoms with Crippen LogP contribution in [0.5, 0.6) is 0 Å². The van der Waals surface area contributed by atoms with Crippen molar-refractivity contribution in [3.8, 4) is 0 Å². The summed E-state index contributed by atoms with van der Waals surface area (Å²) in [7, 11) is 1.80. The number of aliphatic imine (C=N–C) groups is 2. The third-order valence-corrected chi connectivity index (χ3v) is 7.46. The van der Waals surface area contributed by atoms with Crippen molar-refractivity contribution < 1.29 is 41.0 Å². The zero-order chi connectivity index (χ0) is 28.2. The Kier molecular flexibility index (Phi) is 9.98. The number of hydrogen-bond acceptors (Lipinski definition) is 4. The number of rotatable bonds is 6. The van der Waals surface area contributed by atoms with Gasteiger partial charge in [0.1, 0.15) is 17.5 Å². The molecule has 206 valence electrons. The fraction of sp³-hybridized carbons (Fsp3) is 0.194. The van der Waals surface area contributed by atoms with E-state index < -0.39 is 6.04 Å². The van der Waals surface area contributed by atoms with E-state index in [4.69, 9.17) is 11.6 Å². The molecule has 1 amide bonds. The van der Waals surface area contributed by atoms with E-state index in [1.807, 2.05) is 49.4 Å². The second-order valence-corrected chi connectivity index (χ2v) is 10.0. The molecule has 1 fully saturated rings. The summed E-state index contributed by atoms with van der Waals surface area (Å²) >= 11 is 6.59. The fourth-order valence-corrected chi connectivity index (χ4v) is 4.81. The first kappa shape index (κ1) is 30.5. The molecule has 1 aliphatic carbocycles. The first-order valence-corrected chi connectivity index (χ1v) is 13.3. The maximum absolute atomic E-state index is 13.8. The van der Waals surface area contributed by atoms with Crippen LogP contribution in [0.15, 0.2) is 93.7 Å². The van der Waals surface area contributed by atoms with Crippen LogP contribution in [-0.2, 0) is 4.79 Å². The van der Waals surface area contributed by atoms with E-state index in [0.717, 1.165) is 30.4 Å². The molecule has 2 aliphatic rings. The first-order valence-electron chi connectivity index (χ1n) is 12.9. The number of anilines is 1. The van der Waals surface area contributed by atoms with Crippen LogP contribution in [0.1, 0.15) is 48.9 Å². The summed E-state index contributed by atoms with van der Waals surface area (Å²) in [6, 6.07) is 17.6. The standard InChI is InChI=1S/C31H29ClN6O2.U/c1-19-9-4-7-14-25(19)34-18-35-31-37-28(23-12-5-6-13-24(23)32)27(20(2)38(31)3)30(40)36-26-17-22(15-16-33-26)29(39)21-10-8-11-21;/h4-7,9,12-17,28,39H,1,8,10-11H2,2-3H3,(H,33,36,40)(H,34,35,37);/q-2;+2. The normalized spacial score (nSPS) is 17.6. The van der Waals surface area contributed by atoms with Gasteiger partial charge in [0.25, 0.3) is 5.91 Å². The molecular weight excluding hydrogens is 762 g/mol. The van der Waals surface area contributed by atoms with Crippen LogP contribution >= 0.6 is 11.6 Å². The molecule has 1 atom stereocenters. The fourth-order valence-electron chi connectivity index (χ4n) is 4.56. The van der Waals surface area contributed by atoms with Gasteiger partial charge in [-0.15, -0.1) is 6.07 Å². The summed E-state index contributed by atoms with van der Waals surface area (Å²) in [5.74, 6) is 0.681. The maximum atomic E-state index is 13.8. The average molecular weight is 791 g/mol. The zero-order valence-corrected chi connectivity index (χ0v) is 27.7. The van der Waals surface area contributed by atoms with Crippen LogP contribution in [0, 0.1) is 38.0 Å². The van der Waals surface area contributed by atoms with Crippen LogP contribution < -0.4 is 10.6 Å². The molecule has 3 aromatic rings. The number of halogens is 1. The van der Waals surface area contributed by atoms with E-state index in [-0.39, 0.29) is 42.8 Å². The predicted molar refractivity (Wildman–Crippen MR) is 159 cm³/mol. The number of guanidine groups is 1. The van der Waals surface area contributed by atoms with E-state index in [0.29, 0.717) is 44.9 Å². The van der Waals surface area contributed by atoms with Gasteiger partial charge in [0.05, 0.1) is 11.6 Å². The summed E-state index contributed by atoms with van der Waals surface area (Å²) in [4.78, 5) is 28.6. The van der Waals surface area contributed by atoms with Crippen LogP contribution in [-0.4, -0.2) is 40.2 Å². The SMILES string of the molecule is [CH2-]c1ccccc1N=[C-]N=C1NC(c2ccccc2Cl)C(C(=O)Nc2cc(C(O)=C3CCC3)ccn2)=C(C)N1C.[U+2]. The minimum atomic E-state index is -0.612. The Morgan fingerprint density at radius 2 is 1.93 bits per heavy atom. The van der Waals surface area contributed by atoms with E-state index in [1.54, 1.807) is 36.3 Å². The number of nitrogens with zero attached hydrogens (tertiary/aromatic N) is 4.